The second kappa shape index (κ2) is 3.31. The Bertz CT molecular complexity index is 153. The summed E-state index contributed by atoms with van der Waals surface area (Å²) in [6.45, 7) is 2.95. The Kier molecular flexibility index (Phi) is 2.39. The first-order chi connectivity index (χ1) is 4.79. The van der Waals surface area contributed by atoms with Gasteiger partial charge in [-0.25, -0.2) is 4.99 Å². The summed E-state index contributed by atoms with van der Waals surface area (Å²) in [5.74, 6) is 0. The largest absolute Gasteiger partial charge is 0.392 e. The van der Waals surface area contributed by atoms with Crippen LogP contribution in [0.5, 0.6) is 0 Å². The van der Waals surface area contributed by atoms with E-state index in [2.05, 4.69) is 9.98 Å². The van der Waals surface area contributed by atoms with Gasteiger partial charge in [0.05, 0.1) is 12.4 Å². The molecule has 0 spiro atoms. The molecule has 1 aliphatic rings. The van der Waals surface area contributed by atoms with E-state index in [0.29, 0.717) is 13.2 Å². The molecule has 0 aliphatic carbocycles. The van der Waals surface area contributed by atoms with Crippen molar-refractivity contribution in [3.8, 4) is 0 Å². The standard InChI is InChI=1S/C6H11N3O/c1-6(10)2-9-4-7-3-8-5-9/h3-4,6,10H,2,5H2,1H3. The summed E-state index contributed by atoms with van der Waals surface area (Å²) in [6, 6.07) is 0. The van der Waals surface area contributed by atoms with Crippen LogP contribution in [0.25, 0.3) is 0 Å². The van der Waals surface area contributed by atoms with Crippen molar-refractivity contribution in [3.05, 3.63) is 0 Å². The Morgan fingerprint density at radius 1 is 1.80 bits per heavy atom. The molecule has 1 heterocycles. The summed E-state index contributed by atoms with van der Waals surface area (Å²) < 4.78 is 0. The maximum Gasteiger partial charge on any atom is 0.113 e. The van der Waals surface area contributed by atoms with E-state index in [1.807, 2.05) is 4.90 Å². The fourth-order valence-corrected chi connectivity index (χ4v) is 0.793. The van der Waals surface area contributed by atoms with Crippen molar-refractivity contribution in [2.45, 2.75) is 13.0 Å². The van der Waals surface area contributed by atoms with Gasteiger partial charge in [0.2, 0.25) is 0 Å². The molecule has 0 radical (unpaired) electrons. The molecule has 1 N–H and O–H groups in total. The van der Waals surface area contributed by atoms with Crippen LogP contribution in [0.4, 0.5) is 0 Å². The summed E-state index contributed by atoms with van der Waals surface area (Å²) in [5, 5.41) is 8.95. The van der Waals surface area contributed by atoms with Gasteiger partial charge in [0.25, 0.3) is 0 Å². The van der Waals surface area contributed by atoms with Crippen LogP contribution in [-0.2, 0) is 0 Å². The molecule has 0 bridgehead atoms. The highest BCUT2D eigenvalue weighted by atomic mass is 16.3. The summed E-state index contributed by atoms with van der Waals surface area (Å²) in [5.41, 5.74) is 0. The second-order valence-corrected chi connectivity index (χ2v) is 2.32. The molecule has 0 aromatic heterocycles. The number of aliphatic hydroxyl groups is 1. The number of aliphatic hydroxyl groups excluding tert-OH is 1. The molecule has 4 nitrogen and oxygen atoms in total. The van der Waals surface area contributed by atoms with E-state index < -0.39 is 0 Å². The third-order valence-corrected chi connectivity index (χ3v) is 1.14. The average molecular weight is 141 g/mol. The highest BCUT2D eigenvalue weighted by Gasteiger charge is 2.03. The molecule has 0 saturated heterocycles. The Hall–Kier alpha value is -0.900. The van der Waals surface area contributed by atoms with E-state index in [-0.39, 0.29) is 6.10 Å². The zero-order valence-corrected chi connectivity index (χ0v) is 5.94. The van der Waals surface area contributed by atoms with E-state index >= 15 is 0 Å². The Morgan fingerprint density at radius 3 is 3.10 bits per heavy atom. The van der Waals surface area contributed by atoms with Gasteiger partial charge >= 0.3 is 0 Å². The van der Waals surface area contributed by atoms with Crippen molar-refractivity contribution in [1.82, 2.24) is 4.90 Å². The van der Waals surface area contributed by atoms with Crippen LogP contribution in [-0.4, -0.2) is 42.0 Å². The lowest BCUT2D eigenvalue weighted by Crippen LogP contribution is -2.31. The molecular formula is C6H11N3O. The summed E-state index contributed by atoms with van der Waals surface area (Å²) >= 11 is 0. The van der Waals surface area contributed by atoms with Gasteiger partial charge in [-0.3, -0.25) is 4.99 Å². The Labute approximate surface area is 59.9 Å². The van der Waals surface area contributed by atoms with Crippen molar-refractivity contribution in [3.63, 3.8) is 0 Å². The molecule has 4 heteroatoms. The van der Waals surface area contributed by atoms with Crippen LogP contribution in [0.3, 0.4) is 0 Å². The fraction of sp³-hybridized carbons (Fsp3) is 0.667. The minimum atomic E-state index is -0.320. The molecule has 1 atom stereocenters. The highest BCUT2D eigenvalue weighted by molar-refractivity contribution is 5.72. The van der Waals surface area contributed by atoms with Crippen LogP contribution >= 0.6 is 0 Å². The third kappa shape index (κ3) is 2.14. The van der Waals surface area contributed by atoms with Crippen LogP contribution in [0.2, 0.25) is 0 Å². The van der Waals surface area contributed by atoms with Gasteiger partial charge < -0.3 is 10.0 Å². The smallest absolute Gasteiger partial charge is 0.113 e. The molecule has 1 rings (SSSR count). The first-order valence-electron chi connectivity index (χ1n) is 3.23. The topological polar surface area (TPSA) is 48.2 Å². The summed E-state index contributed by atoms with van der Waals surface area (Å²) in [7, 11) is 0. The predicted octanol–water partition coefficient (Wildman–Crippen LogP) is -0.303. The zero-order valence-electron chi connectivity index (χ0n) is 5.94. The molecule has 0 fully saturated rings. The van der Waals surface area contributed by atoms with Crippen LogP contribution < -0.4 is 0 Å². The van der Waals surface area contributed by atoms with Crippen molar-refractivity contribution in [2.75, 3.05) is 13.2 Å². The SMILES string of the molecule is CC(O)CN1C=NC=NC1. The van der Waals surface area contributed by atoms with E-state index in [0.717, 1.165) is 0 Å². The maximum atomic E-state index is 8.95. The number of β-amino-alcohol motifs (C(OH)–C–C–N with tert-alkyl or cyclic N) is 1. The third-order valence-electron chi connectivity index (χ3n) is 1.14. The lowest BCUT2D eigenvalue weighted by Gasteiger charge is -2.19. The fourth-order valence-electron chi connectivity index (χ4n) is 0.793. The molecule has 0 aromatic rings. The number of aliphatic imine (C=N–C) groups is 2. The lowest BCUT2D eigenvalue weighted by molar-refractivity contribution is 0.162. The molecule has 1 aliphatic heterocycles. The number of hydrogen-bond donors (Lipinski definition) is 1. The van der Waals surface area contributed by atoms with Crippen LogP contribution in [0, 0.1) is 0 Å². The molecule has 0 amide bonds. The van der Waals surface area contributed by atoms with Gasteiger partial charge in [0.1, 0.15) is 13.0 Å². The van der Waals surface area contributed by atoms with Gasteiger partial charge in [0.15, 0.2) is 0 Å². The number of nitrogens with zero attached hydrogens (tertiary/aromatic N) is 3. The van der Waals surface area contributed by atoms with E-state index in [9.17, 15) is 0 Å². The normalized spacial score (nSPS) is 19.6. The van der Waals surface area contributed by atoms with Crippen molar-refractivity contribution >= 4 is 12.7 Å². The van der Waals surface area contributed by atoms with E-state index in [1.54, 1.807) is 13.3 Å². The van der Waals surface area contributed by atoms with E-state index in [1.165, 1.54) is 6.34 Å². The minimum Gasteiger partial charge on any atom is -0.392 e. The van der Waals surface area contributed by atoms with Crippen LogP contribution in [0.15, 0.2) is 9.98 Å². The molecular weight excluding hydrogens is 130 g/mol. The van der Waals surface area contributed by atoms with Crippen molar-refractivity contribution in [2.24, 2.45) is 9.98 Å². The average Bonchev–Trinajstić information content (AvgIpc) is 1.88. The van der Waals surface area contributed by atoms with Gasteiger partial charge in [0, 0.05) is 6.54 Å². The Morgan fingerprint density at radius 2 is 2.60 bits per heavy atom. The first-order valence-corrected chi connectivity index (χ1v) is 3.23. The molecule has 10 heavy (non-hydrogen) atoms. The quantitative estimate of drug-likeness (QED) is 0.573. The molecule has 56 valence electrons. The Balaban J connectivity index is 2.30. The number of rotatable bonds is 2. The molecule has 1 unspecified atom stereocenters. The second-order valence-electron chi connectivity index (χ2n) is 2.32. The van der Waals surface area contributed by atoms with Crippen LogP contribution in [0.1, 0.15) is 6.92 Å². The van der Waals surface area contributed by atoms with Gasteiger partial charge in [-0.15, -0.1) is 0 Å². The van der Waals surface area contributed by atoms with Crippen molar-refractivity contribution in [1.29, 1.82) is 0 Å². The molecule has 0 saturated carbocycles. The summed E-state index contributed by atoms with van der Waals surface area (Å²) in [4.78, 5) is 9.57. The highest BCUT2D eigenvalue weighted by Crippen LogP contribution is 1.91. The van der Waals surface area contributed by atoms with Gasteiger partial charge in [-0.2, -0.15) is 0 Å². The van der Waals surface area contributed by atoms with Gasteiger partial charge in [-0.1, -0.05) is 0 Å². The monoisotopic (exact) mass is 141 g/mol. The lowest BCUT2D eigenvalue weighted by atomic mass is 10.4. The zero-order chi connectivity index (χ0) is 7.40. The van der Waals surface area contributed by atoms with Crippen molar-refractivity contribution < 1.29 is 5.11 Å². The number of hydrogen-bond acceptors (Lipinski definition) is 4. The van der Waals surface area contributed by atoms with Gasteiger partial charge in [-0.05, 0) is 6.92 Å². The summed E-state index contributed by atoms with van der Waals surface area (Å²) in [6.07, 6.45) is 2.87. The predicted molar refractivity (Wildman–Crippen MR) is 40.2 cm³/mol. The maximum absolute atomic E-state index is 8.95. The minimum absolute atomic E-state index is 0.320. The van der Waals surface area contributed by atoms with E-state index in [4.69, 9.17) is 5.11 Å². The first kappa shape index (κ1) is 7.21. The molecule has 0 aromatic carbocycles.